The molecule has 2 rings (SSSR count). The number of hydrogen-bond donors (Lipinski definition) is 1. The van der Waals surface area contributed by atoms with Crippen LogP contribution in [0.3, 0.4) is 0 Å². The number of rotatable bonds is 5. The quantitative estimate of drug-likeness (QED) is 0.846. The molecule has 1 amide bonds. The number of aldehydes is 1. The fourth-order valence-corrected chi connectivity index (χ4v) is 2.00. The Bertz CT molecular complexity index is 576. The topological polar surface area (TPSA) is 46.2 Å². The summed E-state index contributed by atoms with van der Waals surface area (Å²) in [6.45, 7) is 2.00. The summed E-state index contributed by atoms with van der Waals surface area (Å²) in [5.41, 5.74) is 2.68. The molecule has 0 saturated carbocycles. The molecule has 0 bridgehead atoms. The summed E-state index contributed by atoms with van der Waals surface area (Å²) in [4.78, 5) is 23.0. The maximum atomic E-state index is 12.1. The van der Waals surface area contributed by atoms with Gasteiger partial charge in [-0.25, -0.2) is 0 Å². The lowest BCUT2D eigenvalue weighted by atomic mass is 10.0. The van der Waals surface area contributed by atoms with Gasteiger partial charge in [0.15, 0.2) is 0 Å². The van der Waals surface area contributed by atoms with Crippen LogP contribution in [0.5, 0.6) is 0 Å². The van der Waals surface area contributed by atoms with Crippen LogP contribution in [0, 0.1) is 6.92 Å². The minimum atomic E-state index is -0.291. The molecule has 0 aromatic heterocycles. The normalized spacial score (nSPS) is 11.7. The third kappa shape index (κ3) is 3.54. The zero-order valence-electron chi connectivity index (χ0n) is 11.4. The molecule has 2 aromatic carbocycles. The molecule has 1 atom stereocenters. The van der Waals surface area contributed by atoms with E-state index < -0.39 is 0 Å². The fraction of sp³-hybridized carbons (Fsp3) is 0.176. The average Bonchev–Trinajstić information content (AvgIpc) is 2.48. The van der Waals surface area contributed by atoms with E-state index in [9.17, 15) is 9.59 Å². The summed E-state index contributed by atoms with van der Waals surface area (Å²) in [5, 5.41) is 2.90. The molecule has 0 spiro atoms. The highest BCUT2D eigenvalue weighted by atomic mass is 16.1. The Balaban J connectivity index is 2.15. The number of carbonyl (C=O) groups excluding carboxylic acids is 2. The highest BCUT2D eigenvalue weighted by Gasteiger charge is 2.15. The Morgan fingerprint density at radius 1 is 1.10 bits per heavy atom. The summed E-state index contributed by atoms with van der Waals surface area (Å²) in [5.74, 6) is -0.168. The van der Waals surface area contributed by atoms with Crippen LogP contribution >= 0.6 is 0 Å². The second kappa shape index (κ2) is 6.66. The van der Waals surface area contributed by atoms with Gasteiger partial charge in [-0.15, -0.1) is 0 Å². The predicted octanol–water partition coefficient (Wildman–Crippen LogP) is 3.06. The predicted molar refractivity (Wildman–Crippen MR) is 78.5 cm³/mol. The Labute approximate surface area is 118 Å². The molecule has 0 radical (unpaired) electrons. The number of nitrogens with one attached hydrogen (secondary N) is 1. The van der Waals surface area contributed by atoms with Crippen LogP contribution in [0.4, 0.5) is 0 Å². The highest BCUT2D eigenvalue weighted by molar-refractivity contribution is 5.94. The zero-order chi connectivity index (χ0) is 14.4. The second-order valence-corrected chi connectivity index (χ2v) is 4.71. The van der Waals surface area contributed by atoms with E-state index in [2.05, 4.69) is 5.32 Å². The molecule has 1 N–H and O–H groups in total. The monoisotopic (exact) mass is 267 g/mol. The molecule has 0 heterocycles. The third-order valence-electron chi connectivity index (χ3n) is 3.15. The summed E-state index contributed by atoms with van der Waals surface area (Å²) in [6, 6.07) is 16.5. The standard InChI is InChI=1S/C17H17NO2/c1-13-7-9-14(10-8-13)16(11-12-19)18-17(20)15-5-3-2-4-6-15/h2-10,12,16H,11H2,1H3,(H,18,20)/t16-/m0/s1. The van der Waals surface area contributed by atoms with Crippen LogP contribution in [0.15, 0.2) is 54.6 Å². The van der Waals surface area contributed by atoms with Crippen molar-refractivity contribution in [2.75, 3.05) is 0 Å². The molecule has 3 nitrogen and oxygen atoms in total. The van der Waals surface area contributed by atoms with Gasteiger partial charge in [-0.2, -0.15) is 0 Å². The minimum absolute atomic E-state index is 0.168. The van der Waals surface area contributed by atoms with Gasteiger partial charge in [0.25, 0.3) is 5.91 Å². The number of carbonyl (C=O) groups is 2. The number of hydrogen-bond acceptors (Lipinski definition) is 2. The van der Waals surface area contributed by atoms with Crippen LogP contribution in [-0.4, -0.2) is 12.2 Å². The zero-order valence-corrected chi connectivity index (χ0v) is 11.4. The van der Waals surface area contributed by atoms with Crippen LogP contribution in [-0.2, 0) is 4.79 Å². The molecule has 0 unspecified atom stereocenters. The van der Waals surface area contributed by atoms with E-state index in [-0.39, 0.29) is 18.4 Å². The Hall–Kier alpha value is -2.42. The molecular formula is C17H17NO2. The summed E-state index contributed by atoms with van der Waals surface area (Å²) < 4.78 is 0. The van der Waals surface area contributed by atoms with E-state index in [0.717, 1.165) is 17.4 Å². The minimum Gasteiger partial charge on any atom is -0.345 e. The summed E-state index contributed by atoms with van der Waals surface area (Å²) in [6.07, 6.45) is 1.09. The van der Waals surface area contributed by atoms with E-state index in [1.54, 1.807) is 12.1 Å². The van der Waals surface area contributed by atoms with Gasteiger partial charge in [0.1, 0.15) is 6.29 Å². The molecule has 2 aromatic rings. The molecule has 3 heteroatoms. The average molecular weight is 267 g/mol. The van der Waals surface area contributed by atoms with Gasteiger partial charge >= 0.3 is 0 Å². The van der Waals surface area contributed by atoms with Crippen molar-refractivity contribution in [1.82, 2.24) is 5.32 Å². The summed E-state index contributed by atoms with van der Waals surface area (Å²) in [7, 11) is 0. The van der Waals surface area contributed by atoms with Crippen molar-refractivity contribution in [2.45, 2.75) is 19.4 Å². The van der Waals surface area contributed by atoms with Gasteiger partial charge in [0.05, 0.1) is 6.04 Å². The molecule has 102 valence electrons. The SMILES string of the molecule is Cc1ccc([C@H](CC=O)NC(=O)c2ccccc2)cc1. The molecule has 0 aliphatic rings. The van der Waals surface area contributed by atoms with Crippen molar-refractivity contribution in [1.29, 1.82) is 0 Å². The van der Waals surface area contributed by atoms with Gasteiger partial charge in [0, 0.05) is 12.0 Å². The van der Waals surface area contributed by atoms with Gasteiger partial charge in [0.2, 0.25) is 0 Å². The Kier molecular flexibility index (Phi) is 4.66. The van der Waals surface area contributed by atoms with Gasteiger partial charge in [-0.05, 0) is 24.6 Å². The lowest BCUT2D eigenvalue weighted by molar-refractivity contribution is -0.108. The van der Waals surface area contributed by atoms with Gasteiger partial charge < -0.3 is 10.1 Å². The van der Waals surface area contributed by atoms with E-state index in [0.29, 0.717) is 5.56 Å². The van der Waals surface area contributed by atoms with Crippen LogP contribution in [0.25, 0.3) is 0 Å². The lowest BCUT2D eigenvalue weighted by Crippen LogP contribution is -2.28. The van der Waals surface area contributed by atoms with Crippen LogP contribution in [0.2, 0.25) is 0 Å². The Morgan fingerprint density at radius 3 is 2.35 bits per heavy atom. The highest BCUT2D eigenvalue weighted by Crippen LogP contribution is 2.17. The van der Waals surface area contributed by atoms with Crippen molar-refractivity contribution in [3.05, 3.63) is 71.3 Å². The van der Waals surface area contributed by atoms with E-state index in [1.165, 1.54) is 0 Å². The summed E-state index contributed by atoms with van der Waals surface area (Å²) >= 11 is 0. The molecule has 20 heavy (non-hydrogen) atoms. The van der Waals surface area contributed by atoms with Gasteiger partial charge in [-0.1, -0.05) is 48.0 Å². The van der Waals surface area contributed by atoms with E-state index in [1.807, 2.05) is 49.4 Å². The number of aryl methyl sites for hydroxylation is 1. The molecule has 0 saturated heterocycles. The first-order valence-electron chi connectivity index (χ1n) is 6.57. The first kappa shape index (κ1) is 14.0. The smallest absolute Gasteiger partial charge is 0.251 e. The maximum Gasteiger partial charge on any atom is 0.251 e. The maximum absolute atomic E-state index is 12.1. The van der Waals surface area contributed by atoms with Crippen molar-refractivity contribution in [3.63, 3.8) is 0 Å². The first-order chi connectivity index (χ1) is 9.70. The first-order valence-corrected chi connectivity index (χ1v) is 6.57. The molecule has 0 fully saturated rings. The van der Waals surface area contributed by atoms with Crippen LogP contribution in [0.1, 0.15) is 33.9 Å². The molecular weight excluding hydrogens is 250 g/mol. The molecule has 0 aliphatic carbocycles. The largest absolute Gasteiger partial charge is 0.345 e. The van der Waals surface area contributed by atoms with Gasteiger partial charge in [-0.3, -0.25) is 4.79 Å². The third-order valence-corrected chi connectivity index (χ3v) is 3.15. The van der Waals surface area contributed by atoms with Crippen molar-refractivity contribution >= 4 is 12.2 Å². The Morgan fingerprint density at radius 2 is 1.75 bits per heavy atom. The van der Waals surface area contributed by atoms with Crippen molar-refractivity contribution in [3.8, 4) is 0 Å². The van der Waals surface area contributed by atoms with Crippen molar-refractivity contribution < 1.29 is 9.59 Å². The lowest BCUT2D eigenvalue weighted by Gasteiger charge is -2.17. The van der Waals surface area contributed by atoms with E-state index in [4.69, 9.17) is 0 Å². The number of benzene rings is 2. The number of amides is 1. The van der Waals surface area contributed by atoms with Crippen LogP contribution < -0.4 is 5.32 Å². The van der Waals surface area contributed by atoms with Crippen molar-refractivity contribution in [2.24, 2.45) is 0 Å². The second-order valence-electron chi connectivity index (χ2n) is 4.71. The fourth-order valence-electron chi connectivity index (χ4n) is 2.00. The van der Waals surface area contributed by atoms with E-state index >= 15 is 0 Å². The molecule has 0 aliphatic heterocycles.